The van der Waals surface area contributed by atoms with Crippen molar-refractivity contribution >= 4 is 34.9 Å². The van der Waals surface area contributed by atoms with E-state index in [1.165, 1.54) is 17.2 Å². The number of ether oxygens (including phenoxy) is 1. The fourth-order valence-electron chi connectivity index (χ4n) is 2.34. The summed E-state index contributed by atoms with van der Waals surface area (Å²) in [5.41, 5.74) is 6.48. The Balaban J connectivity index is 1.79. The van der Waals surface area contributed by atoms with Gasteiger partial charge in [0, 0.05) is 6.42 Å². The van der Waals surface area contributed by atoms with Crippen molar-refractivity contribution in [2.75, 3.05) is 5.73 Å². The van der Waals surface area contributed by atoms with E-state index in [1.54, 1.807) is 0 Å². The molecule has 0 saturated carbocycles. The average Bonchev–Trinajstić information content (AvgIpc) is 3.08. The zero-order valence-electron chi connectivity index (χ0n) is 11.9. The van der Waals surface area contributed by atoms with Crippen LogP contribution in [-0.4, -0.2) is 62.9 Å². The maximum atomic E-state index is 10.0. The molecule has 1 aliphatic heterocycles. The van der Waals surface area contributed by atoms with Crippen LogP contribution in [-0.2, 0) is 20.1 Å². The molecule has 12 nitrogen and oxygen atoms in total. The third-order valence-electron chi connectivity index (χ3n) is 3.36. The molecule has 2 aromatic rings. The molecule has 1 fully saturated rings. The molecule has 1 saturated heterocycles. The summed E-state index contributed by atoms with van der Waals surface area (Å²) in [6.45, 7) is -4.28. The number of hydrogen-bond donors (Lipinski definition) is 6. The van der Waals surface area contributed by atoms with E-state index >= 15 is 0 Å². The molecular formula is C10H15N5O7PS+. The van der Waals surface area contributed by atoms with Crippen molar-refractivity contribution in [2.24, 2.45) is 0 Å². The van der Waals surface area contributed by atoms with Crippen molar-refractivity contribution in [1.29, 1.82) is 0 Å². The number of rotatable bonds is 4. The monoisotopic (exact) mass is 380 g/mol. The van der Waals surface area contributed by atoms with Crippen LogP contribution in [0.1, 0.15) is 12.6 Å². The third-order valence-corrected chi connectivity index (χ3v) is 4.70. The van der Waals surface area contributed by atoms with Gasteiger partial charge in [0.2, 0.25) is 6.29 Å². The van der Waals surface area contributed by atoms with E-state index in [9.17, 15) is 10.2 Å². The van der Waals surface area contributed by atoms with Gasteiger partial charge in [0.25, 0.3) is 0 Å². The van der Waals surface area contributed by atoms with Crippen LogP contribution in [0.3, 0.4) is 0 Å². The largest absolute Gasteiger partial charge is 0.560 e. The van der Waals surface area contributed by atoms with Gasteiger partial charge in [0.05, 0.1) is 12.4 Å². The minimum atomic E-state index is -4.28. The Morgan fingerprint density at radius 2 is 2.12 bits per heavy atom. The number of aromatic nitrogens is 4. The Kier molecular flexibility index (Phi) is 4.79. The summed E-state index contributed by atoms with van der Waals surface area (Å²) < 4.78 is 11.7. The summed E-state index contributed by atoms with van der Waals surface area (Å²) in [5.74, 6) is 0.197. The third kappa shape index (κ3) is 3.54. The number of aliphatic hydroxyl groups excluding tert-OH is 2. The zero-order valence-corrected chi connectivity index (χ0v) is 13.7. The summed E-state index contributed by atoms with van der Waals surface area (Å²) in [7, 11) is 0. The number of nitrogen functional groups attached to an aromatic ring is 1. The Hall–Kier alpha value is -1.28. The SMILES string of the molecule is Nc1ncnc2c1ncn2[C@H]1C[C@H](O)[C@@H](C(O)O[S+]=P(O)(O)O)O1. The first-order chi connectivity index (χ1) is 11.3. The fraction of sp³-hybridized carbons (Fsp3) is 0.500. The maximum Gasteiger partial charge on any atom is 0.560 e. The summed E-state index contributed by atoms with van der Waals surface area (Å²) in [5, 5.41) is 19.9. The molecule has 14 heteroatoms. The quantitative estimate of drug-likeness (QED) is 0.149. The van der Waals surface area contributed by atoms with E-state index in [2.05, 4.69) is 19.1 Å². The van der Waals surface area contributed by atoms with Crippen molar-refractivity contribution < 1.29 is 33.8 Å². The first kappa shape index (κ1) is 17.5. The lowest BCUT2D eigenvalue weighted by Crippen LogP contribution is -2.35. The van der Waals surface area contributed by atoms with Crippen molar-refractivity contribution in [3.05, 3.63) is 12.7 Å². The normalized spacial score (nSPS) is 26.0. The van der Waals surface area contributed by atoms with Gasteiger partial charge in [0.15, 0.2) is 11.5 Å². The highest BCUT2D eigenvalue weighted by Gasteiger charge is 2.43. The van der Waals surface area contributed by atoms with E-state index in [0.29, 0.717) is 11.2 Å². The highest BCUT2D eigenvalue weighted by atomic mass is 32.5. The van der Waals surface area contributed by atoms with Gasteiger partial charge in [-0.2, -0.15) is 0 Å². The second kappa shape index (κ2) is 6.55. The van der Waals surface area contributed by atoms with Crippen molar-refractivity contribution in [3.63, 3.8) is 0 Å². The van der Waals surface area contributed by atoms with Crippen LogP contribution in [0.2, 0.25) is 0 Å². The van der Waals surface area contributed by atoms with Gasteiger partial charge in [-0.25, -0.2) is 15.0 Å². The van der Waals surface area contributed by atoms with Crippen LogP contribution < -0.4 is 5.73 Å². The maximum absolute atomic E-state index is 10.0. The van der Waals surface area contributed by atoms with Crippen molar-refractivity contribution in [1.82, 2.24) is 19.5 Å². The lowest BCUT2D eigenvalue weighted by atomic mass is 10.2. The smallest absolute Gasteiger partial charge is 0.390 e. The minimum Gasteiger partial charge on any atom is -0.390 e. The first-order valence-corrected chi connectivity index (χ1v) is 9.62. The van der Waals surface area contributed by atoms with Crippen LogP contribution in [0.25, 0.3) is 11.2 Å². The van der Waals surface area contributed by atoms with E-state index in [4.69, 9.17) is 25.2 Å². The van der Waals surface area contributed by atoms with E-state index in [0.717, 1.165) is 0 Å². The predicted molar refractivity (Wildman–Crippen MR) is 82.3 cm³/mol. The van der Waals surface area contributed by atoms with Gasteiger partial charge in [0.1, 0.15) is 24.2 Å². The summed E-state index contributed by atoms with van der Waals surface area (Å²) >= 11 is -0.0858. The molecule has 0 amide bonds. The molecule has 0 aliphatic carbocycles. The molecular weight excluding hydrogens is 365 g/mol. The second-order valence-electron chi connectivity index (χ2n) is 5.02. The highest BCUT2D eigenvalue weighted by molar-refractivity contribution is 8.13. The topological polar surface area (TPSA) is 189 Å². The van der Waals surface area contributed by atoms with Gasteiger partial charge in [-0.3, -0.25) is 19.2 Å². The number of nitrogens with zero attached hydrogens (tertiary/aromatic N) is 4. The number of anilines is 1. The van der Waals surface area contributed by atoms with Crippen LogP contribution in [0.15, 0.2) is 12.7 Å². The lowest BCUT2D eigenvalue weighted by molar-refractivity contribution is -0.148. The Morgan fingerprint density at radius 3 is 2.83 bits per heavy atom. The second-order valence-corrected chi connectivity index (χ2v) is 8.30. The molecule has 7 N–H and O–H groups in total. The Morgan fingerprint density at radius 1 is 1.38 bits per heavy atom. The standard InChI is InChI=1S/C10H15N5O7PS/c11-8-6-9(13-2-12-8)15(3-14-6)5-1-4(16)7(21-5)10(17)22-24-23(18,19)20/h2-5,7,10,16-20H,1H2,(H2,11,12,13)/q+1/t4-,5+,7-,10?/m0/s1. The van der Waals surface area contributed by atoms with Crippen LogP contribution in [0.5, 0.6) is 0 Å². The summed E-state index contributed by atoms with van der Waals surface area (Å²) in [4.78, 5) is 38.5. The van der Waals surface area contributed by atoms with Crippen molar-refractivity contribution in [2.45, 2.75) is 31.1 Å². The molecule has 24 heavy (non-hydrogen) atoms. The molecule has 1 unspecified atom stereocenters. The molecule has 3 rings (SSSR count). The van der Waals surface area contributed by atoms with Gasteiger partial charge >= 0.3 is 17.9 Å². The average molecular weight is 380 g/mol. The molecule has 0 aromatic carbocycles. The highest BCUT2D eigenvalue weighted by Crippen LogP contribution is 2.35. The molecule has 0 spiro atoms. The number of hydrogen-bond acceptors (Lipinski definition) is 8. The molecule has 0 bridgehead atoms. The van der Waals surface area contributed by atoms with E-state index in [1.807, 2.05) is 0 Å². The van der Waals surface area contributed by atoms with E-state index in [-0.39, 0.29) is 23.5 Å². The molecule has 4 atom stereocenters. The van der Waals surface area contributed by atoms with Crippen LogP contribution >= 0.6 is 6.72 Å². The van der Waals surface area contributed by atoms with Gasteiger partial charge in [-0.05, 0) is 0 Å². The number of aliphatic hydroxyl groups is 2. The van der Waals surface area contributed by atoms with Crippen molar-refractivity contribution in [3.8, 4) is 0 Å². The lowest BCUT2D eigenvalue weighted by Gasteiger charge is -2.16. The number of fused-ring (bicyclic) bond motifs is 1. The predicted octanol–water partition coefficient (Wildman–Crippen LogP) is -1.96. The Labute approximate surface area is 138 Å². The molecule has 132 valence electrons. The van der Waals surface area contributed by atoms with Gasteiger partial charge in [-0.15, -0.1) is 0 Å². The Bertz CT molecular complexity index is 789. The summed E-state index contributed by atoms with van der Waals surface area (Å²) in [6, 6.07) is 0. The fourth-order valence-corrected chi connectivity index (χ4v) is 3.27. The summed E-state index contributed by atoms with van der Waals surface area (Å²) in [6.07, 6.45) is -1.90. The zero-order chi connectivity index (χ0) is 17.5. The molecule has 1 aliphatic rings. The van der Waals surface area contributed by atoms with Gasteiger partial charge < -0.3 is 20.7 Å². The minimum absolute atomic E-state index is 0.0858. The van der Waals surface area contributed by atoms with Crippen LogP contribution in [0.4, 0.5) is 5.82 Å². The number of imidazole rings is 1. The number of nitrogens with two attached hydrogens (primary N) is 1. The van der Waals surface area contributed by atoms with E-state index < -0.39 is 31.4 Å². The molecule has 0 radical (unpaired) electrons. The van der Waals surface area contributed by atoms with Gasteiger partial charge in [-0.1, -0.05) is 4.18 Å². The van der Waals surface area contributed by atoms with Crippen LogP contribution in [0, 0.1) is 0 Å². The molecule has 2 aromatic heterocycles. The molecule has 3 heterocycles. The first-order valence-electron chi connectivity index (χ1n) is 6.63.